The zero-order chi connectivity index (χ0) is 14.2. The van der Waals surface area contributed by atoms with Gasteiger partial charge < -0.3 is 9.80 Å². The molecule has 3 heterocycles. The Kier molecular flexibility index (Phi) is 3.71. The molecule has 2 fully saturated rings. The van der Waals surface area contributed by atoms with Gasteiger partial charge in [-0.25, -0.2) is 0 Å². The Morgan fingerprint density at radius 1 is 0.900 bits per heavy atom. The summed E-state index contributed by atoms with van der Waals surface area (Å²) in [5.41, 5.74) is 0.311. The first-order valence-corrected chi connectivity index (χ1v) is 7.83. The minimum absolute atomic E-state index is 0.306. The molecule has 2 aliphatic rings. The molecule has 0 amide bonds. The lowest BCUT2D eigenvalue weighted by Gasteiger charge is -2.38. The Morgan fingerprint density at radius 3 is 2.15 bits per heavy atom. The fourth-order valence-corrected chi connectivity index (χ4v) is 3.27. The molecule has 0 aromatic carbocycles. The predicted octanol–water partition coefficient (Wildman–Crippen LogP) is 2.75. The van der Waals surface area contributed by atoms with Gasteiger partial charge in [0.1, 0.15) is 0 Å². The molecule has 3 rings (SSSR count). The van der Waals surface area contributed by atoms with Crippen LogP contribution < -0.4 is 9.80 Å². The van der Waals surface area contributed by atoms with Crippen LogP contribution in [0.1, 0.15) is 39.5 Å². The average molecular weight is 296 g/mol. The molecular formula is C14H22ClN5. The van der Waals surface area contributed by atoms with Gasteiger partial charge in [-0.05, 0) is 42.7 Å². The first-order chi connectivity index (χ1) is 9.53. The minimum Gasteiger partial charge on any atom is -0.341 e. The monoisotopic (exact) mass is 295 g/mol. The third kappa shape index (κ3) is 2.97. The fraction of sp³-hybridized carbons (Fsp3) is 0.786. The lowest BCUT2D eigenvalue weighted by Crippen LogP contribution is -2.41. The van der Waals surface area contributed by atoms with E-state index in [-0.39, 0.29) is 0 Å². The summed E-state index contributed by atoms with van der Waals surface area (Å²) < 4.78 is 0. The Balaban J connectivity index is 1.85. The molecular weight excluding hydrogens is 274 g/mol. The molecule has 0 N–H and O–H groups in total. The molecule has 1 aromatic rings. The van der Waals surface area contributed by atoms with Gasteiger partial charge in [0.15, 0.2) is 0 Å². The summed E-state index contributed by atoms with van der Waals surface area (Å²) in [6.45, 7) is 8.61. The Morgan fingerprint density at radius 2 is 1.50 bits per heavy atom. The summed E-state index contributed by atoms with van der Waals surface area (Å²) in [5.74, 6) is 1.47. The van der Waals surface area contributed by atoms with Crippen LogP contribution in [0.25, 0.3) is 0 Å². The van der Waals surface area contributed by atoms with Crippen LogP contribution in [0, 0.1) is 5.41 Å². The second-order valence-electron chi connectivity index (χ2n) is 6.59. The topological polar surface area (TPSA) is 45.2 Å². The first-order valence-electron chi connectivity index (χ1n) is 7.45. The van der Waals surface area contributed by atoms with Gasteiger partial charge in [-0.2, -0.15) is 15.0 Å². The molecule has 0 unspecified atom stereocenters. The Hall–Kier alpha value is -1.10. The zero-order valence-corrected chi connectivity index (χ0v) is 13.0. The molecule has 1 aromatic heterocycles. The Labute approximate surface area is 125 Å². The fourth-order valence-electron chi connectivity index (χ4n) is 3.12. The highest BCUT2D eigenvalue weighted by atomic mass is 35.5. The number of anilines is 2. The second kappa shape index (κ2) is 5.35. The van der Waals surface area contributed by atoms with E-state index in [0.717, 1.165) is 38.1 Å². The van der Waals surface area contributed by atoms with Crippen LogP contribution in [-0.4, -0.2) is 41.1 Å². The van der Waals surface area contributed by atoms with Crippen molar-refractivity contribution in [1.29, 1.82) is 0 Å². The molecule has 6 heteroatoms. The molecule has 5 nitrogen and oxygen atoms in total. The summed E-state index contributed by atoms with van der Waals surface area (Å²) in [5, 5.41) is 0.306. The number of piperidine rings is 1. The number of hydrogen-bond donors (Lipinski definition) is 0. The number of rotatable bonds is 2. The number of nitrogens with zero attached hydrogens (tertiary/aromatic N) is 5. The lowest BCUT2D eigenvalue weighted by molar-refractivity contribution is 0.291. The van der Waals surface area contributed by atoms with Crippen molar-refractivity contribution in [2.24, 2.45) is 5.41 Å². The van der Waals surface area contributed by atoms with Crippen molar-refractivity contribution in [3.63, 3.8) is 0 Å². The number of halogens is 1. The van der Waals surface area contributed by atoms with E-state index in [1.807, 2.05) is 0 Å². The highest BCUT2D eigenvalue weighted by molar-refractivity contribution is 6.28. The van der Waals surface area contributed by atoms with Crippen molar-refractivity contribution in [2.75, 3.05) is 36.0 Å². The number of hydrogen-bond acceptors (Lipinski definition) is 5. The molecule has 0 radical (unpaired) electrons. The molecule has 2 aliphatic heterocycles. The van der Waals surface area contributed by atoms with Gasteiger partial charge in [-0.15, -0.1) is 0 Å². The summed E-state index contributed by atoms with van der Waals surface area (Å²) in [7, 11) is 0. The molecule has 0 atom stereocenters. The standard InChI is InChI=1S/C14H22ClN5/c1-14(2)6-5-9-20(10-14)13-17-11(15)16-12(18-13)19-7-3-4-8-19/h3-10H2,1-2H3. The van der Waals surface area contributed by atoms with E-state index >= 15 is 0 Å². The van der Waals surface area contributed by atoms with Crippen molar-refractivity contribution in [2.45, 2.75) is 39.5 Å². The Bertz CT molecular complexity index is 484. The largest absolute Gasteiger partial charge is 0.341 e. The van der Waals surface area contributed by atoms with Crippen LogP contribution in [0.15, 0.2) is 0 Å². The lowest BCUT2D eigenvalue weighted by atomic mass is 9.84. The van der Waals surface area contributed by atoms with Gasteiger partial charge in [-0.3, -0.25) is 0 Å². The van der Waals surface area contributed by atoms with E-state index in [1.54, 1.807) is 0 Å². The van der Waals surface area contributed by atoms with Crippen molar-refractivity contribution in [3.05, 3.63) is 5.28 Å². The van der Waals surface area contributed by atoms with E-state index in [1.165, 1.54) is 25.7 Å². The molecule has 0 bridgehead atoms. The summed E-state index contributed by atoms with van der Waals surface area (Å²) in [6.07, 6.45) is 4.83. The van der Waals surface area contributed by atoms with Gasteiger partial charge >= 0.3 is 0 Å². The molecule has 0 saturated carbocycles. The molecule has 0 spiro atoms. The van der Waals surface area contributed by atoms with Crippen LogP contribution in [0.3, 0.4) is 0 Å². The van der Waals surface area contributed by atoms with Gasteiger partial charge in [-0.1, -0.05) is 13.8 Å². The third-order valence-corrected chi connectivity index (χ3v) is 4.33. The minimum atomic E-state index is 0.306. The third-order valence-electron chi connectivity index (χ3n) is 4.16. The van der Waals surface area contributed by atoms with Crippen LogP contribution in [0.5, 0.6) is 0 Å². The molecule has 0 aliphatic carbocycles. The van der Waals surface area contributed by atoms with Crippen molar-refractivity contribution in [3.8, 4) is 0 Å². The SMILES string of the molecule is CC1(C)CCCN(c2nc(Cl)nc(N3CCCC3)n2)C1. The summed E-state index contributed by atoms with van der Waals surface area (Å²) in [6, 6.07) is 0. The van der Waals surface area contributed by atoms with Crippen molar-refractivity contribution >= 4 is 23.5 Å². The maximum absolute atomic E-state index is 6.10. The van der Waals surface area contributed by atoms with E-state index in [2.05, 4.69) is 38.6 Å². The van der Waals surface area contributed by atoms with Crippen molar-refractivity contribution < 1.29 is 0 Å². The van der Waals surface area contributed by atoms with E-state index in [0.29, 0.717) is 10.7 Å². The smallest absolute Gasteiger partial charge is 0.231 e. The highest BCUT2D eigenvalue weighted by Gasteiger charge is 2.28. The van der Waals surface area contributed by atoms with Crippen molar-refractivity contribution in [1.82, 2.24) is 15.0 Å². The van der Waals surface area contributed by atoms with Crippen LogP contribution >= 0.6 is 11.6 Å². The molecule has 2 saturated heterocycles. The summed E-state index contributed by atoms with van der Waals surface area (Å²) in [4.78, 5) is 17.7. The van der Waals surface area contributed by atoms with E-state index in [4.69, 9.17) is 11.6 Å². The zero-order valence-electron chi connectivity index (χ0n) is 12.3. The first kappa shape index (κ1) is 13.9. The van der Waals surface area contributed by atoms with Gasteiger partial charge in [0.05, 0.1) is 0 Å². The van der Waals surface area contributed by atoms with Gasteiger partial charge in [0, 0.05) is 26.2 Å². The number of aromatic nitrogens is 3. The van der Waals surface area contributed by atoms with Crippen LogP contribution in [-0.2, 0) is 0 Å². The second-order valence-corrected chi connectivity index (χ2v) is 6.93. The maximum atomic E-state index is 6.10. The van der Waals surface area contributed by atoms with Crippen LogP contribution in [0.4, 0.5) is 11.9 Å². The van der Waals surface area contributed by atoms with Gasteiger partial charge in [0.2, 0.25) is 17.2 Å². The van der Waals surface area contributed by atoms with Gasteiger partial charge in [0.25, 0.3) is 0 Å². The maximum Gasteiger partial charge on any atom is 0.231 e. The van der Waals surface area contributed by atoms with E-state index in [9.17, 15) is 0 Å². The van der Waals surface area contributed by atoms with E-state index < -0.39 is 0 Å². The average Bonchev–Trinajstić information content (AvgIpc) is 2.90. The predicted molar refractivity (Wildman–Crippen MR) is 81.5 cm³/mol. The molecule has 110 valence electrons. The highest BCUT2D eigenvalue weighted by Crippen LogP contribution is 2.31. The molecule has 20 heavy (non-hydrogen) atoms. The van der Waals surface area contributed by atoms with Crippen LogP contribution in [0.2, 0.25) is 5.28 Å². The normalized spacial score (nSPS) is 22.4. The quantitative estimate of drug-likeness (QED) is 0.839. The summed E-state index contributed by atoms with van der Waals surface area (Å²) >= 11 is 6.10.